The van der Waals surface area contributed by atoms with Crippen LogP contribution in [0, 0.1) is 0 Å². The van der Waals surface area contributed by atoms with Crippen LogP contribution >= 0.6 is 0 Å². The van der Waals surface area contributed by atoms with Gasteiger partial charge in [0.05, 0.1) is 12.6 Å². The van der Waals surface area contributed by atoms with Gasteiger partial charge in [0.15, 0.2) is 0 Å². The molecule has 6 heteroatoms. The van der Waals surface area contributed by atoms with Gasteiger partial charge in [-0.15, -0.1) is 0 Å². The first-order chi connectivity index (χ1) is 12.4. The number of fused-ring (bicyclic) bond motifs is 3. The van der Waals surface area contributed by atoms with E-state index in [-0.39, 0.29) is 12.5 Å². The molecule has 138 valence electrons. The van der Waals surface area contributed by atoms with Gasteiger partial charge in [0, 0.05) is 12.3 Å². The normalized spacial score (nSPS) is 14.5. The lowest BCUT2D eigenvalue weighted by Gasteiger charge is -2.20. The lowest BCUT2D eigenvalue weighted by molar-refractivity contribution is -0.00368. The molecule has 0 bridgehead atoms. The van der Waals surface area contributed by atoms with Crippen molar-refractivity contribution in [3.63, 3.8) is 0 Å². The monoisotopic (exact) mass is 361 g/mol. The van der Waals surface area contributed by atoms with Gasteiger partial charge in [-0.1, -0.05) is 48.5 Å². The van der Waals surface area contributed by atoms with Crippen LogP contribution in [0.5, 0.6) is 0 Å². The number of rotatable bonds is 6. The Bertz CT molecular complexity index is 743. The molecule has 0 radical (unpaired) electrons. The van der Waals surface area contributed by atoms with Gasteiger partial charge in [-0.2, -0.15) is 0 Å². The van der Waals surface area contributed by atoms with Gasteiger partial charge in [-0.05, 0) is 29.2 Å². The predicted octanol–water partition coefficient (Wildman–Crippen LogP) is 3.93. The number of aliphatic hydroxyl groups excluding tert-OH is 1. The van der Waals surface area contributed by atoms with Gasteiger partial charge in [0.2, 0.25) is 5.92 Å². The van der Waals surface area contributed by atoms with Crippen molar-refractivity contribution < 1.29 is 23.4 Å². The van der Waals surface area contributed by atoms with Crippen molar-refractivity contribution in [2.75, 3.05) is 13.2 Å². The average Bonchev–Trinajstić information content (AvgIpc) is 2.92. The number of alkyl halides is 2. The van der Waals surface area contributed by atoms with E-state index in [0.717, 1.165) is 29.2 Å². The largest absolute Gasteiger partial charge is 0.449 e. The van der Waals surface area contributed by atoms with Gasteiger partial charge in [-0.3, -0.25) is 0 Å². The molecule has 26 heavy (non-hydrogen) atoms. The summed E-state index contributed by atoms with van der Waals surface area (Å²) >= 11 is 0. The molecular weight excluding hydrogens is 340 g/mol. The van der Waals surface area contributed by atoms with E-state index in [0.29, 0.717) is 0 Å². The van der Waals surface area contributed by atoms with Crippen LogP contribution in [-0.2, 0) is 4.74 Å². The molecule has 1 amide bonds. The van der Waals surface area contributed by atoms with E-state index in [1.807, 2.05) is 48.5 Å². The average molecular weight is 361 g/mol. The summed E-state index contributed by atoms with van der Waals surface area (Å²) in [5.41, 5.74) is 4.35. The number of halogens is 2. The van der Waals surface area contributed by atoms with E-state index in [2.05, 4.69) is 5.32 Å². The van der Waals surface area contributed by atoms with E-state index in [9.17, 15) is 18.7 Å². The Morgan fingerprint density at radius 3 is 2.19 bits per heavy atom. The number of carbonyl (C=O) groups excluding carboxylic acids is 1. The molecule has 1 atom stereocenters. The molecule has 0 aliphatic heterocycles. The van der Waals surface area contributed by atoms with Crippen molar-refractivity contribution in [2.24, 2.45) is 0 Å². The zero-order valence-electron chi connectivity index (χ0n) is 14.4. The highest BCUT2D eigenvalue weighted by Crippen LogP contribution is 2.44. The minimum atomic E-state index is -2.98. The fourth-order valence-electron chi connectivity index (χ4n) is 3.40. The van der Waals surface area contributed by atoms with Crippen LogP contribution in [0.1, 0.15) is 30.4 Å². The molecule has 0 aromatic heterocycles. The Morgan fingerprint density at radius 2 is 1.69 bits per heavy atom. The van der Waals surface area contributed by atoms with E-state index in [1.165, 1.54) is 0 Å². The first-order valence-electron chi connectivity index (χ1n) is 8.49. The zero-order valence-corrected chi connectivity index (χ0v) is 14.4. The van der Waals surface area contributed by atoms with Crippen molar-refractivity contribution in [2.45, 2.75) is 31.2 Å². The maximum atomic E-state index is 13.1. The minimum Gasteiger partial charge on any atom is -0.449 e. The molecule has 0 spiro atoms. The lowest BCUT2D eigenvalue weighted by Crippen LogP contribution is -2.41. The number of hydrogen-bond acceptors (Lipinski definition) is 3. The smallest absolute Gasteiger partial charge is 0.407 e. The third-order valence-corrected chi connectivity index (χ3v) is 4.49. The summed E-state index contributed by atoms with van der Waals surface area (Å²) in [5.74, 6) is -3.09. The van der Waals surface area contributed by atoms with Crippen LogP contribution in [0.3, 0.4) is 0 Å². The van der Waals surface area contributed by atoms with Crippen molar-refractivity contribution in [1.82, 2.24) is 5.32 Å². The number of aliphatic hydroxyl groups is 1. The Hall–Kier alpha value is -2.47. The topological polar surface area (TPSA) is 58.6 Å². The van der Waals surface area contributed by atoms with Gasteiger partial charge in [0.25, 0.3) is 0 Å². The maximum absolute atomic E-state index is 13.1. The summed E-state index contributed by atoms with van der Waals surface area (Å²) in [7, 11) is 0. The molecular formula is C20H21F2NO3. The van der Waals surface area contributed by atoms with Gasteiger partial charge in [-0.25, -0.2) is 13.6 Å². The number of benzene rings is 2. The molecule has 0 fully saturated rings. The van der Waals surface area contributed by atoms with Crippen LogP contribution in [0.4, 0.5) is 13.6 Å². The summed E-state index contributed by atoms with van der Waals surface area (Å²) in [6.45, 7) is 0.267. The standard InChI is InChI=1S/C20H21F2NO3/c1-20(21,22)10-13(11-24)23-19(25)26-12-18-16-8-4-2-6-14(16)15-7-3-5-9-17(15)18/h2-9,13,18,24H,10-12H2,1H3,(H,23,25). The third kappa shape index (κ3) is 4.02. The number of ether oxygens (including phenoxy) is 1. The number of nitrogens with one attached hydrogen (secondary N) is 1. The Morgan fingerprint density at radius 1 is 1.15 bits per heavy atom. The van der Waals surface area contributed by atoms with Gasteiger partial charge in [0.1, 0.15) is 6.61 Å². The molecule has 0 saturated heterocycles. The first kappa shape index (κ1) is 18.3. The van der Waals surface area contributed by atoms with Crippen LogP contribution in [0.15, 0.2) is 48.5 Å². The fourth-order valence-corrected chi connectivity index (χ4v) is 3.40. The Balaban J connectivity index is 1.67. The first-order valence-corrected chi connectivity index (χ1v) is 8.49. The second kappa shape index (κ2) is 7.41. The molecule has 4 nitrogen and oxygen atoms in total. The van der Waals surface area contributed by atoms with Crippen LogP contribution in [-0.4, -0.2) is 36.4 Å². The highest BCUT2D eigenvalue weighted by molar-refractivity contribution is 5.79. The molecule has 2 aromatic carbocycles. The van der Waals surface area contributed by atoms with E-state index >= 15 is 0 Å². The summed E-state index contributed by atoms with van der Waals surface area (Å²) in [4.78, 5) is 12.0. The molecule has 0 saturated carbocycles. The van der Waals surface area contributed by atoms with Crippen molar-refractivity contribution in [1.29, 1.82) is 0 Å². The van der Waals surface area contributed by atoms with E-state index < -0.39 is 31.1 Å². The Labute approximate surface area is 150 Å². The minimum absolute atomic E-state index is 0.0977. The molecule has 2 aromatic rings. The maximum Gasteiger partial charge on any atom is 0.407 e. The predicted molar refractivity (Wildman–Crippen MR) is 94.3 cm³/mol. The highest BCUT2D eigenvalue weighted by Gasteiger charge is 2.30. The summed E-state index contributed by atoms with van der Waals surface area (Å²) < 4.78 is 31.4. The van der Waals surface area contributed by atoms with Crippen molar-refractivity contribution in [3.8, 4) is 11.1 Å². The van der Waals surface area contributed by atoms with Crippen molar-refractivity contribution >= 4 is 6.09 Å². The van der Waals surface area contributed by atoms with Crippen LogP contribution in [0.2, 0.25) is 0 Å². The van der Waals surface area contributed by atoms with E-state index in [4.69, 9.17) is 4.74 Å². The number of alkyl carbamates (subject to hydrolysis) is 1. The van der Waals surface area contributed by atoms with Crippen molar-refractivity contribution in [3.05, 3.63) is 59.7 Å². The number of amides is 1. The second-order valence-electron chi connectivity index (χ2n) is 6.62. The van der Waals surface area contributed by atoms with Crippen LogP contribution < -0.4 is 5.32 Å². The van der Waals surface area contributed by atoms with Gasteiger partial charge >= 0.3 is 6.09 Å². The molecule has 1 aliphatic carbocycles. The second-order valence-corrected chi connectivity index (χ2v) is 6.62. The lowest BCUT2D eigenvalue weighted by atomic mass is 9.98. The Kier molecular flexibility index (Phi) is 5.23. The zero-order chi connectivity index (χ0) is 18.7. The third-order valence-electron chi connectivity index (χ3n) is 4.49. The fraction of sp³-hybridized carbons (Fsp3) is 0.350. The quantitative estimate of drug-likeness (QED) is 0.820. The number of carbonyl (C=O) groups is 1. The summed E-state index contributed by atoms with van der Waals surface area (Å²) in [6.07, 6.45) is -1.46. The number of hydrogen-bond donors (Lipinski definition) is 2. The molecule has 3 rings (SSSR count). The summed E-state index contributed by atoms with van der Waals surface area (Å²) in [5, 5.41) is 11.5. The molecule has 1 unspecified atom stereocenters. The van der Waals surface area contributed by atoms with Gasteiger partial charge < -0.3 is 15.2 Å². The molecule has 2 N–H and O–H groups in total. The SMILES string of the molecule is CC(F)(F)CC(CO)NC(=O)OCC1c2ccccc2-c2ccccc21. The molecule has 0 heterocycles. The highest BCUT2D eigenvalue weighted by atomic mass is 19.3. The molecule has 1 aliphatic rings. The summed E-state index contributed by atoms with van der Waals surface area (Å²) in [6, 6.07) is 14.8. The van der Waals surface area contributed by atoms with Crippen LogP contribution in [0.25, 0.3) is 11.1 Å². The van der Waals surface area contributed by atoms with E-state index in [1.54, 1.807) is 0 Å².